The van der Waals surface area contributed by atoms with Gasteiger partial charge in [-0.05, 0) is 36.0 Å². The number of benzene rings is 1. The minimum absolute atomic E-state index is 0.0187. The summed E-state index contributed by atoms with van der Waals surface area (Å²) in [5.74, 6) is 0.0710. The molecule has 0 aliphatic carbocycles. The Balaban J connectivity index is 1.82. The largest absolute Gasteiger partial charge is 0.476 e. The van der Waals surface area contributed by atoms with E-state index in [2.05, 4.69) is 26.1 Å². The molecular formula is C19H28N2O5S. The van der Waals surface area contributed by atoms with Gasteiger partial charge in [-0.15, -0.1) is 0 Å². The van der Waals surface area contributed by atoms with Crippen LogP contribution < -0.4 is 14.4 Å². The van der Waals surface area contributed by atoms with E-state index < -0.39 is 16.1 Å². The fourth-order valence-corrected chi connectivity index (χ4v) is 4.21. The van der Waals surface area contributed by atoms with Gasteiger partial charge in [0.2, 0.25) is 10.0 Å². The van der Waals surface area contributed by atoms with Crippen molar-refractivity contribution in [2.24, 2.45) is 0 Å². The third kappa shape index (κ3) is 4.55. The number of anilines is 1. The Labute approximate surface area is 161 Å². The van der Waals surface area contributed by atoms with Gasteiger partial charge < -0.3 is 14.8 Å². The number of nitrogens with zero attached hydrogens (tertiary/aromatic N) is 1. The molecule has 1 aromatic carbocycles. The van der Waals surface area contributed by atoms with Gasteiger partial charge in [-0.2, -0.15) is 0 Å². The average Bonchev–Trinajstić information content (AvgIpc) is 3.10. The van der Waals surface area contributed by atoms with E-state index in [-0.39, 0.29) is 24.0 Å². The summed E-state index contributed by atoms with van der Waals surface area (Å²) in [6.07, 6.45) is 2.18. The number of amides is 1. The highest BCUT2D eigenvalue weighted by Crippen LogP contribution is 2.38. The monoisotopic (exact) mass is 396 g/mol. The molecule has 0 bridgehead atoms. The van der Waals surface area contributed by atoms with Crippen LogP contribution in [0.1, 0.15) is 39.2 Å². The summed E-state index contributed by atoms with van der Waals surface area (Å²) >= 11 is 0. The van der Waals surface area contributed by atoms with Crippen molar-refractivity contribution < 1.29 is 22.7 Å². The van der Waals surface area contributed by atoms with Gasteiger partial charge in [-0.1, -0.05) is 26.8 Å². The number of hydrogen-bond acceptors (Lipinski definition) is 5. The first-order valence-corrected chi connectivity index (χ1v) is 11.1. The highest BCUT2D eigenvalue weighted by molar-refractivity contribution is 7.92. The van der Waals surface area contributed by atoms with E-state index in [0.29, 0.717) is 24.6 Å². The molecule has 1 amide bonds. The minimum Gasteiger partial charge on any atom is -0.476 e. The van der Waals surface area contributed by atoms with E-state index in [9.17, 15) is 13.2 Å². The smallest absolute Gasteiger partial charge is 0.263 e. The molecule has 1 N–H and O–H groups in total. The molecule has 150 valence electrons. The van der Waals surface area contributed by atoms with Crippen LogP contribution in [0.3, 0.4) is 0 Å². The summed E-state index contributed by atoms with van der Waals surface area (Å²) in [6, 6.07) is 5.48. The van der Waals surface area contributed by atoms with Crippen molar-refractivity contribution in [2.75, 3.05) is 30.3 Å². The van der Waals surface area contributed by atoms with Crippen LogP contribution in [-0.2, 0) is 25.0 Å². The van der Waals surface area contributed by atoms with Gasteiger partial charge in [0, 0.05) is 13.2 Å². The Bertz CT molecular complexity index is 810. The molecule has 1 saturated heterocycles. The molecular weight excluding hydrogens is 368 g/mol. The van der Waals surface area contributed by atoms with Crippen molar-refractivity contribution in [2.45, 2.75) is 51.2 Å². The van der Waals surface area contributed by atoms with Gasteiger partial charge in [0.05, 0.1) is 24.6 Å². The molecule has 2 aliphatic rings. The van der Waals surface area contributed by atoms with E-state index >= 15 is 0 Å². The van der Waals surface area contributed by atoms with Crippen LogP contribution in [0.4, 0.5) is 5.69 Å². The molecule has 0 aromatic heterocycles. The molecule has 2 heterocycles. The zero-order valence-electron chi connectivity index (χ0n) is 16.3. The normalized spacial score (nSPS) is 22.9. The highest BCUT2D eigenvalue weighted by atomic mass is 32.2. The molecule has 1 fully saturated rings. The average molecular weight is 397 g/mol. The Kier molecular flexibility index (Phi) is 5.40. The van der Waals surface area contributed by atoms with Gasteiger partial charge in [0.25, 0.3) is 5.91 Å². The molecule has 3 rings (SSSR count). The number of nitrogens with one attached hydrogen (secondary N) is 1. The Hall–Kier alpha value is -1.80. The van der Waals surface area contributed by atoms with Gasteiger partial charge >= 0.3 is 0 Å². The molecule has 1 aromatic rings. The lowest BCUT2D eigenvalue weighted by atomic mass is 9.86. The maximum atomic E-state index is 12.6. The molecule has 0 radical (unpaired) electrons. The van der Waals surface area contributed by atoms with Gasteiger partial charge in [-0.3, -0.25) is 9.10 Å². The summed E-state index contributed by atoms with van der Waals surface area (Å²) in [5.41, 5.74) is 1.35. The van der Waals surface area contributed by atoms with Crippen LogP contribution in [0.15, 0.2) is 18.2 Å². The number of rotatable bonds is 4. The van der Waals surface area contributed by atoms with Gasteiger partial charge in [0.1, 0.15) is 5.75 Å². The second-order valence-electron chi connectivity index (χ2n) is 8.21. The Morgan fingerprint density at radius 2 is 2.07 bits per heavy atom. The number of fused-ring (bicyclic) bond motifs is 1. The molecule has 0 spiro atoms. The number of sulfonamides is 1. The highest BCUT2D eigenvalue weighted by Gasteiger charge is 2.36. The van der Waals surface area contributed by atoms with E-state index in [4.69, 9.17) is 9.47 Å². The lowest BCUT2D eigenvalue weighted by Gasteiger charge is -2.35. The standard InChI is InChI=1S/C19H28N2O5S/c1-19(2,3)13-7-8-16-15(10-13)21(27(4,23)24)12-17(26-16)18(22)20-11-14-6-5-9-25-14/h7-8,10,14,17H,5-6,9,11-12H2,1-4H3,(H,20,22). The number of carbonyl (C=O) groups is 1. The van der Waals surface area contributed by atoms with Crippen LogP contribution in [0.5, 0.6) is 5.75 Å². The molecule has 7 nitrogen and oxygen atoms in total. The van der Waals surface area contributed by atoms with Crippen LogP contribution in [0, 0.1) is 0 Å². The molecule has 2 unspecified atom stereocenters. The third-order valence-corrected chi connectivity index (χ3v) is 6.06. The fourth-order valence-electron chi connectivity index (χ4n) is 3.30. The van der Waals surface area contributed by atoms with Crippen molar-refractivity contribution in [1.82, 2.24) is 5.32 Å². The van der Waals surface area contributed by atoms with Crippen molar-refractivity contribution in [1.29, 1.82) is 0 Å². The van der Waals surface area contributed by atoms with Crippen molar-refractivity contribution >= 4 is 21.6 Å². The second-order valence-corrected chi connectivity index (χ2v) is 10.1. The molecule has 2 aliphatic heterocycles. The second kappa shape index (κ2) is 7.31. The van der Waals surface area contributed by atoms with Crippen LogP contribution in [-0.4, -0.2) is 52.5 Å². The van der Waals surface area contributed by atoms with Gasteiger partial charge in [-0.25, -0.2) is 8.42 Å². The first kappa shape index (κ1) is 19.9. The molecule has 27 heavy (non-hydrogen) atoms. The van der Waals surface area contributed by atoms with E-state index in [1.165, 1.54) is 4.31 Å². The zero-order valence-corrected chi connectivity index (χ0v) is 17.1. The van der Waals surface area contributed by atoms with Gasteiger partial charge in [0.15, 0.2) is 6.10 Å². The van der Waals surface area contributed by atoms with Crippen molar-refractivity contribution in [3.05, 3.63) is 23.8 Å². The Morgan fingerprint density at radius 1 is 1.33 bits per heavy atom. The summed E-state index contributed by atoms with van der Waals surface area (Å²) in [6.45, 7) is 7.26. The van der Waals surface area contributed by atoms with Crippen LogP contribution in [0.25, 0.3) is 0 Å². The molecule has 0 saturated carbocycles. The van der Waals surface area contributed by atoms with Crippen LogP contribution >= 0.6 is 0 Å². The first-order valence-electron chi connectivity index (χ1n) is 9.24. The summed E-state index contributed by atoms with van der Waals surface area (Å²) < 4.78 is 37.3. The lowest BCUT2D eigenvalue weighted by Crippen LogP contribution is -2.51. The third-order valence-electron chi connectivity index (χ3n) is 4.92. The fraction of sp³-hybridized carbons (Fsp3) is 0.632. The maximum absolute atomic E-state index is 12.6. The predicted octanol–water partition coefficient (Wildman–Crippen LogP) is 1.81. The summed E-state index contributed by atoms with van der Waals surface area (Å²) in [5, 5.41) is 2.82. The quantitative estimate of drug-likeness (QED) is 0.839. The number of hydrogen-bond donors (Lipinski definition) is 1. The molecule has 2 atom stereocenters. The van der Waals surface area contributed by atoms with E-state index in [1.54, 1.807) is 6.07 Å². The minimum atomic E-state index is -3.55. The summed E-state index contributed by atoms with van der Waals surface area (Å²) in [4.78, 5) is 12.6. The predicted molar refractivity (Wildman–Crippen MR) is 104 cm³/mol. The van der Waals surface area contributed by atoms with E-state index in [1.807, 2.05) is 12.1 Å². The topological polar surface area (TPSA) is 84.9 Å². The first-order chi connectivity index (χ1) is 12.6. The van der Waals surface area contributed by atoms with E-state index in [0.717, 1.165) is 24.7 Å². The lowest BCUT2D eigenvalue weighted by molar-refractivity contribution is -0.128. The molecule has 8 heteroatoms. The maximum Gasteiger partial charge on any atom is 0.263 e. The SMILES string of the molecule is CC(C)(C)c1ccc2c(c1)N(S(C)(=O)=O)CC(C(=O)NCC1CCCO1)O2. The van der Waals surface area contributed by atoms with Crippen molar-refractivity contribution in [3.8, 4) is 5.75 Å². The Morgan fingerprint density at radius 3 is 2.67 bits per heavy atom. The summed E-state index contributed by atoms with van der Waals surface area (Å²) in [7, 11) is -3.55. The number of carbonyl (C=O) groups excluding carboxylic acids is 1. The number of ether oxygens (including phenoxy) is 2. The zero-order chi connectivity index (χ0) is 19.8. The van der Waals surface area contributed by atoms with Crippen LogP contribution in [0.2, 0.25) is 0 Å². The van der Waals surface area contributed by atoms with Crippen molar-refractivity contribution in [3.63, 3.8) is 0 Å².